The van der Waals surface area contributed by atoms with Crippen molar-refractivity contribution < 1.29 is 9.53 Å². The van der Waals surface area contributed by atoms with E-state index < -0.39 is 0 Å². The minimum atomic E-state index is -0.0243. The van der Waals surface area contributed by atoms with Gasteiger partial charge >= 0.3 is 0 Å². The van der Waals surface area contributed by atoms with E-state index in [1.165, 1.54) is 11.3 Å². The van der Waals surface area contributed by atoms with Gasteiger partial charge in [-0.3, -0.25) is 4.79 Å². The summed E-state index contributed by atoms with van der Waals surface area (Å²) in [5, 5.41) is 4.74. The molecule has 94 valence electrons. The zero-order valence-corrected chi connectivity index (χ0v) is 10.9. The molecule has 0 unspecified atom stereocenters. The largest absolute Gasteiger partial charge is 0.497 e. The molecule has 2 rings (SSSR count). The molecule has 0 spiro atoms. The van der Waals surface area contributed by atoms with Crippen molar-refractivity contribution in [2.24, 2.45) is 0 Å². The van der Waals surface area contributed by atoms with Crippen LogP contribution in [0.1, 0.15) is 11.3 Å². The molecule has 1 aromatic heterocycles. The molecule has 1 amide bonds. The van der Waals surface area contributed by atoms with Crippen LogP contribution in [-0.4, -0.2) is 18.0 Å². The first-order chi connectivity index (χ1) is 8.78. The Balaban J connectivity index is 1.85. The highest BCUT2D eigenvalue weighted by atomic mass is 32.1. The van der Waals surface area contributed by atoms with E-state index in [2.05, 4.69) is 10.3 Å². The van der Waals surface area contributed by atoms with Crippen molar-refractivity contribution in [3.05, 3.63) is 46.4 Å². The molecule has 1 N–H and O–H groups in total. The van der Waals surface area contributed by atoms with E-state index in [1.54, 1.807) is 12.6 Å². The van der Waals surface area contributed by atoms with Gasteiger partial charge in [0, 0.05) is 11.9 Å². The molecule has 0 saturated heterocycles. The first-order valence-electron chi connectivity index (χ1n) is 5.54. The van der Waals surface area contributed by atoms with Crippen LogP contribution in [0, 0.1) is 0 Å². The van der Waals surface area contributed by atoms with E-state index in [0.717, 1.165) is 17.0 Å². The predicted molar refractivity (Wildman–Crippen MR) is 70.7 cm³/mol. The second-order valence-electron chi connectivity index (χ2n) is 3.78. The van der Waals surface area contributed by atoms with Gasteiger partial charge in [0.25, 0.3) is 0 Å². The summed E-state index contributed by atoms with van der Waals surface area (Å²) < 4.78 is 5.13. The van der Waals surface area contributed by atoms with E-state index >= 15 is 0 Å². The van der Waals surface area contributed by atoms with Gasteiger partial charge in [0.1, 0.15) is 5.75 Å². The Hall–Kier alpha value is -1.88. The lowest BCUT2D eigenvalue weighted by molar-refractivity contribution is -0.120. The molecule has 1 heterocycles. The molecule has 18 heavy (non-hydrogen) atoms. The number of rotatable bonds is 5. The van der Waals surface area contributed by atoms with Crippen molar-refractivity contribution in [3.8, 4) is 5.75 Å². The Kier molecular flexibility index (Phi) is 4.30. The highest BCUT2D eigenvalue weighted by Gasteiger charge is 2.05. The standard InChI is InChI=1S/C13H14N2O2S/c1-17-12-4-2-3-10(5-12)7-14-13(16)6-11-8-18-9-15-11/h2-5,8-9H,6-7H2,1H3,(H,14,16). The number of carbonyl (C=O) groups is 1. The molecule has 0 aliphatic carbocycles. The zero-order valence-electron chi connectivity index (χ0n) is 10.1. The number of hydrogen-bond donors (Lipinski definition) is 1. The first-order valence-corrected chi connectivity index (χ1v) is 6.49. The van der Waals surface area contributed by atoms with Crippen LogP contribution in [0.15, 0.2) is 35.2 Å². The van der Waals surface area contributed by atoms with E-state index in [-0.39, 0.29) is 5.91 Å². The van der Waals surface area contributed by atoms with Crippen molar-refractivity contribution >= 4 is 17.2 Å². The summed E-state index contributed by atoms with van der Waals surface area (Å²) in [6.45, 7) is 0.500. The second-order valence-corrected chi connectivity index (χ2v) is 4.50. The van der Waals surface area contributed by atoms with Gasteiger partial charge in [-0.1, -0.05) is 12.1 Å². The number of methoxy groups -OCH3 is 1. The number of nitrogens with one attached hydrogen (secondary N) is 1. The van der Waals surface area contributed by atoms with Crippen LogP contribution in [0.2, 0.25) is 0 Å². The number of ether oxygens (including phenoxy) is 1. The fraction of sp³-hybridized carbons (Fsp3) is 0.231. The number of nitrogens with zero attached hydrogens (tertiary/aromatic N) is 1. The summed E-state index contributed by atoms with van der Waals surface area (Å²) in [4.78, 5) is 15.7. The second kappa shape index (κ2) is 6.16. The topological polar surface area (TPSA) is 51.2 Å². The van der Waals surface area contributed by atoms with Gasteiger partial charge in [0.15, 0.2) is 0 Å². The Labute approximate surface area is 110 Å². The zero-order chi connectivity index (χ0) is 12.8. The molecule has 5 heteroatoms. The van der Waals surface area contributed by atoms with Crippen molar-refractivity contribution in [2.75, 3.05) is 7.11 Å². The van der Waals surface area contributed by atoms with E-state index in [9.17, 15) is 4.79 Å². The SMILES string of the molecule is COc1cccc(CNC(=O)Cc2cscn2)c1. The summed E-state index contributed by atoms with van der Waals surface area (Å²) >= 11 is 1.49. The lowest BCUT2D eigenvalue weighted by atomic mass is 10.2. The number of carbonyl (C=O) groups excluding carboxylic acids is 1. The van der Waals surface area contributed by atoms with Crippen molar-refractivity contribution in [1.82, 2.24) is 10.3 Å². The molecule has 1 aromatic carbocycles. The third-order valence-electron chi connectivity index (χ3n) is 2.45. The maximum absolute atomic E-state index is 11.7. The van der Waals surface area contributed by atoms with Crippen LogP contribution in [0.25, 0.3) is 0 Å². The van der Waals surface area contributed by atoms with Gasteiger partial charge in [-0.2, -0.15) is 0 Å². The first kappa shape index (κ1) is 12.6. The summed E-state index contributed by atoms with van der Waals surface area (Å²) in [7, 11) is 1.62. The highest BCUT2D eigenvalue weighted by Crippen LogP contribution is 2.12. The smallest absolute Gasteiger partial charge is 0.226 e. The van der Waals surface area contributed by atoms with Gasteiger partial charge in [-0.15, -0.1) is 11.3 Å². The quantitative estimate of drug-likeness (QED) is 0.896. The summed E-state index contributed by atoms with van der Waals surface area (Å²) in [6, 6.07) is 7.64. The maximum Gasteiger partial charge on any atom is 0.226 e. The molecule has 4 nitrogen and oxygen atoms in total. The van der Waals surface area contributed by atoms with Crippen LogP contribution >= 0.6 is 11.3 Å². The average Bonchev–Trinajstić information content (AvgIpc) is 2.89. The highest BCUT2D eigenvalue weighted by molar-refractivity contribution is 7.07. The Morgan fingerprint density at radius 3 is 3.11 bits per heavy atom. The van der Waals surface area contributed by atoms with Crippen LogP contribution in [0.5, 0.6) is 5.75 Å². The third kappa shape index (κ3) is 3.56. The number of hydrogen-bond acceptors (Lipinski definition) is 4. The molecule has 0 bridgehead atoms. The summed E-state index contributed by atoms with van der Waals surface area (Å²) in [5.74, 6) is 0.768. The molecule has 0 radical (unpaired) electrons. The van der Waals surface area contributed by atoms with Crippen LogP contribution in [0.3, 0.4) is 0 Å². The average molecular weight is 262 g/mol. The van der Waals surface area contributed by atoms with Gasteiger partial charge < -0.3 is 10.1 Å². The van der Waals surface area contributed by atoms with Crippen LogP contribution < -0.4 is 10.1 Å². The fourth-order valence-electron chi connectivity index (χ4n) is 1.53. The summed E-state index contributed by atoms with van der Waals surface area (Å²) in [5.41, 5.74) is 3.55. The molecule has 0 atom stereocenters. The van der Waals surface area contributed by atoms with E-state index in [0.29, 0.717) is 13.0 Å². The molecule has 0 fully saturated rings. The Morgan fingerprint density at radius 1 is 1.50 bits per heavy atom. The fourth-order valence-corrected chi connectivity index (χ4v) is 2.09. The lowest BCUT2D eigenvalue weighted by Crippen LogP contribution is -2.24. The minimum absolute atomic E-state index is 0.0243. The van der Waals surface area contributed by atoms with Crippen molar-refractivity contribution in [3.63, 3.8) is 0 Å². The van der Waals surface area contributed by atoms with E-state index in [4.69, 9.17) is 4.74 Å². The number of thiazole rings is 1. The number of aromatic nitrogens is 1. The number of amides is 1. The van der Waals surface area contributed by atoms with Crippen LogP contribution in [-0.2, 0) is 17.8 Å². The normalized spacial score (nSPS) is 10.1. The molecule has 0 aliphatic heterocycles. The van der Waals surface area contributed by atoms with Crippen molar-refractivity contribution in [1.29, 1.82) is 0 Å². The Bertz CT molecular complexity index is 511. The molecular formula is C13H14N2O2S. The molecule has 2 aromatic rings. The third-order valence-corrected chi connectivity index (χ3v) is 3.08. The van der Waals surface area contributed by atoms with Gasteiger partial charge in [-0.05, 0) is 17.7 Å². The summed E-state index contributed by atoms with van der Waals surface area (Å²) in [6.07, 6.45) is 0.327. The predicted octanol–water partition coefficient (Wildman–Crippen LogP) is 2.01. The lowest BCUT2D eigenvalue weighted by Gasteiger charge is -2.06. The van der Waals surface area contributed by atoms with E-state index in [1.807, 2.05) is 29.6 Å². The van der Waals surface area contributed by atoms with Crippen molar-refractivity contribution in [2.45, 2.75) is 13.0 Å². The van der Waals surface area contributed by atoms with Gasteiger partial charge in [0.05, 0.1) is 24.7 Å². The number of benzene rings is 1. The Morgan fingerprint density at radius 2 is 2.39 bits per heavy atom. The molecule has 0 aliphatic rings. The van der Waals surface area contributed by atoms with Gasteiger partial charge in [0.2, 0.25) is 5.91 Å². The minimum Gasteiger partial charge on any atom is -0.497 e. The monoisotopic (exact) mass is 262 g/mol. The molecule has 0 saturated carbocycles. The van der Waals surface area contributed by atoms with Gasteiger partial charge in [-0.25, -0.2) is 4.98 Å². The maximum atomic E-state index is 11.7. The molecular weight excluding hydrogens is 248 g/mol. The van der Waals surface area contributed by atoms with Crippen LogP contribution in [0.4, 0.5) is 0 Å².